The van der Waals surface area contributed by atoms with E-state index in [0.717, 1.165) is 115 Å². The summed E-state index contributed by atoms with van der Waals surface area (Å²) in [4.78, 5) is 62.4. The number of ether oxygens (including phenoxy) is 1. The molecule has 0 spiro atoms. The second kappa shape index (κ2) is 19.4. The maximum Gasteiger partial charge on any atom is 0.494 e. The van der Waals surface area contributed by atoms with E-state index in [1.54, 1.807) is 12.1 Å². The number of nitrogens with zero attached hydrogens (tertiary/aromatic N) is 4. The molecule has 0 aliphatic carbocycles. The quantitative estimate of drug-likeness (QED) is 0.0718. The molecule has 5 aliphatic heterocycles. The smallest absolute Gasteiger partial charge is 0.494 e. The van der Waals surface area contributed by atoms with E-state index in [1.165, 1.54) is 21.8 Å². The molecule has 6 heterocycles. The first-order valence-electron chi connectivity index (χ1n) is 24.6. The van der Waals surface area contributed by atoms with Gasteiger partial charge in [0, 0.05) is 83.9 Å². The number of thiophene rings is 1. The maximum atomic E-state index is 14.3. The van der Waals surface area contributed by atoms with Crippen molar-refractivity contribution in [2.75, 3.05) is 72.1 Å². The van der Waals surface area contributed by atoms with Crippen LogP contribution in [0.3, 0.4) is 0 Å². The average Bonchev–Trinajstić information content (AvgIpc) is 3.95. The highest BCUT2D eigenvalue weighted by atomic mass is 32.1. The number of carbonyl (C=O) groups is 4. The monoisotopic (exact) mass is 951 g/mol. The Morgan fingerprint density at radius 3 is 2.16 bits per heavy atom. The number of rotatable bonds is 14. The third-order valence-corrected chi connectivity index (χ3v) is 16.6. The van der Waals surface area contributed by atoms with E-state index in [9.17, 15) is 24.3 Å². The Morgan fingerprint density at radius 1 is 0.812 bits per heavy atom. The molecule has 4 fully saturated rings. The standard InChI is InChI=1S/C54H62BN5O8S/c1-53(2)54(3,4)68-55(67-53)40-11-6-37(7-12-40)50-47(44-17-13-41(61)33-46(44)69-50)49(63)36-8-14-42(15-9-36)66-31-30-59-28-26-58(27-29-59)23-5-22-57-24-19-35(20-25-57)38-10-16-43-39(32-38)34-60(52(43)65)48-45(62)18-21-56-51(48)64/h6-17,32-33,35,48,61H,5,18-31,34H2,1-4H3,(H,56,64). The van der Waals surface area contributed by atoms with Gasteiger partial charge in [0.15, 0.2) is 17.6 Å². The van der Waals surface area contributed by atoms with Crippen molar-refractivity contribution in [2.24, 2.45) is 0 Å². The van der Waals surface area contributed by atoms with Crippen LogP contribution in [-0.2, 0) is 25.4 Å². The highest BCUT2D eigenvalue weighted by molar-refractivity contribution is 7.22. The summed E-state index contributed by atoms with van der Waals surface area (Å²) in [7, 11) is -0.481. The number of carbonyl (C=O) groups excluding carboxylic acids is 4. The van der Waals surface area contributed by atoms with Crippen LogP contribution in [0.1, 0.15) is 96.7 Å². The van der Waals surface area contributed by atoms with Crippen LogP contribution in [0.5, 0.6) is 11.5 Å². The third kappa shape index (κ3) is 9.74. The first kappa shape index (κ1) is 47.3. The van der Waals surface area contributed by atoms with Gasteiger partial charge in [-0.25, -0.2) is 0 Å². The summed E-state index contributed by atoms with van der Waals surface area (Å²) in [6.07, 6.45) is 3.55. The van der Waals surface area contributed by atoms with Crippen LogP contribution in [0.25, 0.3) is 20.5 Å². The Bertz CT molecular complexity index is 2710. The van der Waals surface area contributed by atoms with Crippen LogP contribution in [0.2, 0.25) is 0 Å². The molecule has 1 atom stereocenters. The third-order valence-electron chi connectivity index (χ3n) is 15.4. The van der Waals surface area contributed by atoms with Crippen molar-refractivity contribution >= 4 is 57.4 Å². The minimum atomic E-state index is -1.02. The van der Waals surface area contributed by atoms with Crippen molar-refractivity contribution < 1.29 is 38.3 Å². The Kier molecular flexibility index (Phi) is 13.3. The molecule has 1 aromatic heterocycles. The van der Waals surface area contributed by atoms with Crippen LogP contribution < -0.4 is 15.5 Å². The fourth-order valence-corrected chi connectivity index (χ4v) is 11.7. The number of phenols is 1. The number of likely N-dealkylation sites (tertiary alicyclic amines) is 1. The van der Waals surface area contributed by atoms with Gasteiger partial charge in [-0.2, -0.15) is 0 Å². The first-order valence-corrected chi connectivity index (χ1v) is 25.4. The van der Waals surface area contributed by atoms with Crippen molar-refractivity contribution in [3.8, 4) is 21.9 Å². The van der Waals surface area contributed by atoms with Gasteiger partial charge in [-0.15, -0.1) is 11.3 Å². The molecule has 69 heavy (non-hydrogen) atoms. The zero-order valence-corrected chi connectivity index (χ0v) is 40.9. The summed E-state index contributed by atoms with van der Waals surface area (Å²) < 4.78 is 19.6. The van der Waals surface area contributed by atoms with E-state index in [0.29, 0.717) is 42.3 Å². The number of amides is 2. The Morgan fingerprint density at radius 2 is 1.48 bits per heavy atom. The average molecular weight is 952 g/mol. The topological polar surface area (TPSA) is 141 Å². The molecule has 1 unspecified atom stereocenters. The summed E-state index contributed by atoms with van der Waals surface area (Å²) >= 11 is 1.50. The van der Waals surface area contributed by atoms with Gasteiger partial charge in [0.2, 0.25) is 0 Å². The van der Waals surface area contributed by atoms with E-state index in [2.05, 4.69) is 32.1 Å². The number of ketones is 2. The molecule has 13 nitrogen and oxygen atoms in total. The predicted molar refractivity (Wildman–Crippen MR) is 269 cm³/mol. The van der Waals surface area contributed by atoms with Crippen LogP contribution in [0.15, 0.2) is 84.9 Å². The summed E-state index contributed by atoms with van der Waals surface area (Å²) in [5.41, 5.74) is 4.89. The molecule has 15 heteroatoms. The zero-order chi connectivity index (χ0) is 48.0. The Balaban J connectivity index is 0.655. The zero-order valence-electron chi connectivity index (χ0n) is 40.1. The molecule has 2 amide bonds. The van der Waals surface area contributed by atoms with Crippen LogP contribution in [0, 0.1) is 0 Å². The van der Waals surface area contributed by atoms with Crippen LogP contribution >= 0.6 is 11.3 Å². The number of hydrogen-bond donors (Lipinski definition) is 2. The van der Waals surface area contributed by atoms with Crippen molar-refractivity contribution in [1.82, 2.24) is 24.9 Å². The van der Waals surface area contributed by atoms with Gasteiger partial charge < -0.3 is 39.2 Å². The molecular formula is C54H62BN5O8S. The molecule has 4 aromatic carbocycles. The minimum absolute atomic E-state index is 0.0834. The fourth-order valence-electron chi connectivity index (χ4n) is 10.5. The largest absolute Gasteiger partial charge is 0.508 e. The second-order valence-corrected chi connectivity index (χ2v) is 21.4. The van der Waals surface area contributed by atoms with E-state index in [1.807, 2.05) is 88.4 Å². The van der Waals surface area contributed by atoms with Crippen molar-refractivity contribution in [3.05, 3.63) is 113 Å². The fraction of sp³-hybridized carbons (Fsp3) is 0.444. The van der Waals surface area contributed by atoms with E-state index < -0.39 is 24.4 Å². The Labute approximate surface area is 408 Å². The molecular weight excluding hydrogens is 889 g/mol. The molecule has 0 bridgehead atoms. The number of Topliss-reactive ketones (excluding diaryl/α,β-unsaturated/α-hetero) is 1. The number of piperidine rings is 2. The minimum Gasteiger partial charge on any atom is -0.508 e. The molecule has 2 N–H and O–H groups in total. The number of piperazine rings is 1. The van der Waals surface area contributed by atoms with Crippen LogP contribution in [0.4, 0.5) is 0 Å². The molecule has 360 valence electrons. The van der Waals surface area contributed by atoms with E-state index in [4.69, 9.17) is 14.0 Å². The second-order valence-electron chi connectivity index (χ2n) is 20.3. The summed E-state index contributed by atoms with van der Waals surface area (Å²) in [6.45, 7) is 18.6. The predicted octanol–water partition coefficient (Wildman–Crippen LogP) is 6.48. The number of nitrogens with one attached hydrogen (secondary N) is 1. The lowest BCUT2D eigenvalue weighted by atomic mass is 9.78. The first-order chi connectivity index (χ1) is 33.2. The lowest BCUT2D eigenvalue weighted by molar-refractivity contribution is -0.137. The van der Waals surface area contributed by atoms with Crippen molar-refractivity contribution in [3.63, 3.8) is 0 Å². The summed E-state index contributed by atoms with van der Waals surface area (Å²) in [5, 5.41) is 13.9. The highest BCUT2D eigenvalue weighted by Gasteiger charge is 2.51. The molecule has 0 saturated carbocycles. The van der Waals surface area contributed by atoms with Crippen molar-refractivity contribution in [1.29, 1.82) is 0 Å². The Hall–Kier alpha value is -5.42. The maximum absolute atomic E-state index is 14.3. The van der Waals surface area contributed by atoms with Crippen molar-refractivity contribution in [2.45, 2.75) is 83.1 Å². The SMILES string of the molecule is CC1(C)OB(c2ccc(-c3sc4cc(O)ccc4c3C(=O)c3ccc(OCCN4CCN(CCCN5CCC(c6ccc7c(c6)CN(C6C(=O)CCNC6=O)C7=O)CC5)CC4)cc3)cc2)OC1(C)C. The van der Waals surface area contributed by atoms with Gasteiger partial charge in [-0.1, -0.05) is 36.4 Å². The molecule has 5 aromatic rings. The molecule has 10 rings (SSSR count). The summed E-state index contributed by atoms with van der Waals surface area (Å²) in [6, 6.07) is 25.7. The highest BCUT2D eigenvalue weighted by Crippen LogP contribution is 2.42. The number of benzene rings is 4. The van der Waals surface area contributed by atoms with Gasteiger partial charge in [0.1, 0.15) is 18.1 Å². The van der Waals surface area contributed by atoms with Gasteiger partial charge >= 0.3 is 7.12 Å². The lowest BCUT2D eigenvalue weighted by Crippen LogP contribution is -2.55. The number of fused-ring (bicyclic) bond motifs is 2. The molecule has 0 radical (unpaired) electrons. The van der Waals surface area contributed by atoms with Gasteiger partial charge in [-0.3, -0.25) is 24.1 Å². The van der Waals surface area contributed by atoms with Gasteiger partial charge in [0.05, 0.1) is 11.2 Å². The number of hydrogen-bond acceptors (Lipinski definition) is 12. The van der Waals surface area contributed by atoms with Crippen LogP contribution in [-0.4, -0.2) is 145 Å². The van der Waals surface area contributed by atoms with Gasteiger partial charge in [0.25, 0.3) is 11.8 Å². The molecule has 4 saturated heterocycles. The van der Waals surface area contributed by atoms with E-state index in [-0.39, 0.29) is 35.6 Å². The number of aromatic hydroxyl groups is 1. The molecule has 5 aliphatic rings. The van der Waals surface area contributed by atoms with E-state index >= 15 is 0 Å². The number of phenolic OH excluding ortho intramolecular Hbond substituents is 1. The van der Waals surface area contributed by atoms with Gasteiger partial charge in [-0.05, 0) is 150 Å². The normalized spacial score (nSPS) is 21.3. The lowest BCUT2D eigenvalue weighted by Gasteiger charge is -2.36. The summed E-state index contributed by atoms with van der Waals surface area (Å²) in [5.74, 6) is 0.459.